The summed E-state index contributed by atoms with van der Waals surface area (Å²) in [4.78, 5) is 2.44. The molecular weight excluding hydrogens is 188 g/mol. The van der Waals surface area contributed by atoms with Crippen LogP contribution in [-0.4, -0.2) is 50.3 Å². The van der Waals surface area contributed by atoms with E-state index in [-0.39, 0.29) is 0 Å². The number of nitrogens with one attached hydrogen (secondary N) is 1. The highest BCUT2D eigenvalue weighted by Gasteiger charge is 2.39. The van der Waals surface area contributed by atoms with Crippen molar-refractivity contribution in [2.45, 2.75) is 44.3 Å². The highest BCUT2D eigenvalue weighted by atomic mass is 16.5. The standard InChI is InChI=1S/C12H24N2O/c1-9(8-15-3)14(2)7-10-6-11-4-5-12(10)13-11/h9-13H,4-8H2,1-3H3. The summed E-state index contributed by atoms with van der Waals surface area (Å²) >= 11 is 0. The van der Waals surface area contributed by atoms with Gasteiger partial charge in [0.2, 0.25) is 0 Å². The molecule has 3 nitrogen and oxygen atoms in total. The van der Waals surface area contributed by atoms with Gasteiger partial charge in [-0.2, -0.15) is 0 Å². The largest absolute Gasteiger partial charge is 0.383 e. The molecule has 0 spiro atoms. The maximum Gasteiger partial charge on any atom is 0.0615 e. The van der Waals surface area contributed by atoms with Crippen LogP contribution in [0.15, 0.2) is 0 Å². The molecule has 3 heteroatoms. The van der Waals surface area contributed by atoms with Gasteiger partial charge in [-0.15, -0.1) is 0 Å². The van der Waals surface area contributed by atoms with Gasteiger partial charge in [0.25, 0.3) is 0 Å². The molecule has 0 radical (unpaired) electrons. The first-order valence-corrected chi connectivity index (χ1v) is 6.16. The number of likely N-dealkylation sites (N-methyl/N-ethyl adjacent to an activating group) is 1. The normalized spacial score (nSPS) is 36.4. The van der Waals surface area contributed by atoms with Gasteiger partial charge in [-0.3, -0.25) is 0 Å². The first-order valence-electron chi connectivity index (χ1n) is 6.16. The van der Waals surface area contributed by atoms with Crippen molar-refractivity contribution in [3.63, 3.8) is 0 Å². The zero-order chi connectivity index (χ0) is 10.8. The Morgan fingerprint density at radius 2 is 2.27 bits per heavy atom. The molecule has 2 bridgehead atoms. The average Bonchev–Trinajstić information content (AvgIpc) is 2.79. The van der Waals surface area contributed by atoms with Crippen LogP contribution in [0, 0.1) is 5.92 Å². The van der Waals surface area contributed by atoms with Crippen LogP contribution in [0.2, 0.25) is 0 Å². The van der Waals surface area contributed by atoms with Crippen LogP contribution < -0.4 is 5.32 Å². The second-order valence-corrected chi connectivity index (χ2v) is 5.29. The summed E-state index contributed by atoms with van der Waals surface area (Å²) < 4.78 is 5.19. The van der Waals surface area contributed by atoms with E-state index in [1.807, 2.05) is 0 Å². The van der Waals surface area contributed by atoms with Crippen molar-refractivity contribution in [1.82, 2.24) is 10.2 Å². The molecule has 0 amide bonds. The van der Waals surface area contributed by atoms with Crippen molar-refractivity contribution in [3.8, 4) is 0 Å². The summed E-state index contributed by atoms with van der Waals surface area (Å²) in [5.74, 6) is 0.869. The molecule has 0 saturated carbocycles. The maximum absolute atomic E-state index is 5.19. The highest BCUT2D eigenvalue weighted by Crippen LogP contribution is 2.33. The van der Waals surface area contributed by atoms with Crippen LogP contribution in [0.25, 0.3) is 0 Å². The second kappa shape index (κ2) is 4.81. The predicted octanol–water partition coefficient (Wildman–Crippen LogP) is 1.09. The molecule has 2 fully saturated rings. The van der Waals surface area contributed by atoms with Crippen LogP contribution in [-0.2, 0) is 4.74 Å². The Bertz CT molecular complexity index is 210. The first kappa shape index (κ1) is 11.4. The Morgan fingerprint density at radius 1 is 1.47 bits per heavy atom. The fourth-order valence-electron chi connectivity index (χ4n) is 3.06. The van der Waals surface area contributed by atoms with Gasteiger partial charge in [0.05, 0.1) is 6.61 Å². The lowest BCUT2D eigenvalue weighted by atomic mass is 9.88. The summed E-state index contributed by atoms with van der Waals surface area (Å²) in [6.07, 6.45) is 4.18. The molecule has 2 rings (SSSR count). The average molecular weight is 212 g/mol. The van der Waals surface area contributed by atoms with E-state index < -0.39 is 0 Å². The second-order valence-electron chi connectivity index (χ2n) is 5.29. The van der Waals surface area contributed by atoms with Gasteiger partial charge >= 0.3 is 0 Å². The van der Waals surface area contributed by atoms with Crippen molar-refractivity contribution in [2.24, 2.45) is 5.92 Å². The number of ether oxygens (including phenoxy) is 1. The Hall–Kier alpha value is -0.120. The van der Waals surface area contributed by atoms with Gasteiger partial charge in [0.15, 0.2) is 0 Å². The topological polar surface area (TPSA) is 24.5 Å². The number of methoxy groups -OCH3 is 1. The molecule has 0 aromatic rings. The monoisotopic (exact) mass is 212 g/mol. The highest BCUT2D eigenvalue weighted by molar-refractivity contribution is 4.98. The summed E-state index contributed by atoms with van der Waals surface area (Å²) in [6.45, 7) is 4.30. The van der Waals surface area contributed by atoms with Gasteiger partial charge in [-0.05, 0) is 39.2 Å². The third-order valence-electron chi connectivity index (χ3n) is 4.12. The lowest BCUT2D eigenvalue weighted by Crippen LogP contribution is -2.39. The first-order chi connectivity index (χ1) is 7.20. The minimum absolute atomic E-state index is 0.536. The Balaban J connectivity index is 1.77. The van der Waals surface area contributed by atoms with Gasteiger partial charge in [-0.25, -0.2) is 0 Å². The smallest absolute Gasteiger partial charge is 0.0615 e. The fourth-order valence-corrected chi connectivity index (χ4v) is 3.06. The van der Waals surface area contributed by atoms with E-state index in [1.165, 1.54) is 25.8 Å². The van der Waals surface area contributed by atoms with Gasteiger partial charge in [0, 0.05) is 31.8 Å². The molecule has 4 atom stereocenters. The van der Waals surface area contributed by atoms with Gasteiger partial charge in [-0.1, -0.05) is 0 Å². The molecule has 0 aromatic carbocycles. The van der Waals surface area contributed by atoms with Crippen LogP contribution in [0.3, 0.4) is 0 Å². The van der Waals surface area contributed by atoms with Crippen molar-refractivity contribution in [3.05, 3.63) is 0 Å². The van der Waals surface area contributed by atoms with E-state index in [0.717, 1.165) is 24.6 Å². The van der Waals surface area contributed by atoms with Crippen LogP contribution in [0.5, 0.6) is 0 Å². The minimum atomic E-state index is 0.536. The van der Waals surface area contributed by atoms with Crippen molar-refractivity contribution >= 4 is 0 Å². The van der Waals surface area contributed by atoms with Gasteiger partial charge < -0.3 is 15.0 Å². The summed E-state index contributed by atoms with van der Waals surface area (Å²) in [5, 5.41) is 3.70. The molecule has 1 N–H and O–H groups in total. The zero-order valence-electron chi connectivity index (χ0n) is 10.2. The molecule has 0 aromatic heterocycles. The Labute approximate surface area is 93.2 Å². The molecule has 4 unspecified atom stereocenters. The van der Waals surface area contributed by atoms with E-state index in [1.54, 1.807) is 7.11 Å². The lowest BCUT2D eigenvalue weighted by molar-refractivity contribution is 0.102. The van der Waals surface area contributed by atoms with E-state index in [4.69, 9.17) is 4.74 Å². The van der Waals surface area contributed by atoms with Crippen molar-refractivity contribution < 1.29 is 4.74 Å². The van der Waals surface area contributed by atoms with Crippen molar-refractivity contribution in [1.29, 1.82) is 0 Å². The molecule has 2 aliphatic heterocycles. The van der Waals surface area contributed by atoms with E-state index in [9.17, 15) is 0 Å². The number of rotatable bonds is 5. The summed E-state index contributed by atoms with van der Waals surface area (Å²) in [5.41, 5.74) is 0. The summed E-state index contributed by atoms with van der Waals surface area (Å²) in [6, 6.07) is 2.16. The Morgan fingerprint density at radius 3 is 2.80 bits per heavy atom. The fraction of sp³-hybridized carbons (Fsp3) is 1.00. The van der Waals surface area contributed by atoms with E-state index >= 15 is 0 Å². The van der Waals surface area contributed by atoms with E-state index in [2.05, 4.69) is 24.2 Å². The van der Waals surface area contributed by atoms with Crippen LogP contribution in [0.1, 0.15) is 26.2 Å². The van der Waals surface area contributed by atoms with Gasteiger partial charge in [0.1, 0.15) is 0 Å². The maximum atomic E-state index is 5.19. The molecule has 15 heavy (non-hydrogen) atoms. The number of fused-ring (bicyclic) bond motifs is 2. The lowest BCUT2D eigenvalue weighted by Gasteiger charge is -2.30. The third-order valence-corrected chi connectivity index (χ3v) is 4.12. The molecule has 2 aliphatic rings. The Kier molecular flexibility index (Phi) is 3.65. The third kappa shape index (κ3) is 2.52. The van der Waals surface area contributed by atoms with Crippen LogP contribution in [0.4, 0.5) is 0 Å². The molecular formula is C12H24N2O. The minimum Gasteiger partial charge on any atom is -0.383 e. The number of nitrogens with zero attached hydrogens (tertiary/aromatic N) is 1. The zero-order valence-corrected chi connectivity index (χ0v) is 10.2. The molecule has 88 valence electrons. The van der Waals surface area contributed by atoms with Crippen LogP contribution >= 0.6 is 0 Å². The predicted molar refractivity (Wildman–Crippen MR) is 62.0 cm³/mol. The molecule has 0 aliphatic carbocycles. The molecule has 2 saturated heterocycles. The molecule has 2 heterocycles. The summed E-state index contributed by atoms with van der Waals surface area (Å²) in [7, 11) is 4.00. The SMILES string of the molecule is COCC(C)N(C)CC1CC2CCC1N2. The number of hydrogen-bond acceptors (Lipinski definition) is 3. The van der Waals surface area contributed by atoms with E-state index in [0.29, 0.717) is 6.04 Å². The quantitative estimate of drug-likeness (QED) is 0.738. The number of hydrogen-bond donors (Lipinski definition) is 1. The van der Waals surface area contributed by atoms with Crippen molar-refractivity contribution in [2.75, 3.05) is 27.3 Å².